The van der Waals surface area contributed by atoms with Crippen molar-refractivity contribution in [2.75, 3.05) is 13.1 Å². The molecular formula is C15H29N. The zero-order valence-electron chi connectivity index (χ0n) is 11.5. The van der Waals surface area contributed by atoms with E-state index in [9.17, 15) is 0 Å². The lowest BCUT2D eigenvalue weighted by molar-refractivity contribution is 0.0545. The van der Waals surface area contributed by atoms with Crippen LogP contribution in [0.3, 0.4) is 0 Å². The second-order valence-electron chi connectivity index (χ2n) is 6.99. The van der Waals surface area contributed by atoms with Crippen LogP contribution in [0, 0.1) is 11.3 Å². The predicted molar refractivity (Wildman–Crippen MR) is 70.6 cm³/mol. The number of piperidine rings is 1. The van der Waals surface area contributed by atoms with E-state index in [4.69, 9.17) is 0 Å². The van der Waals surface area contributed by atoms with E-state index in [-0.39, 0.29) is 0 Å². The fourth-order valence-corrected chi connectivity index (χ4v) is 3.49. The van der Waals surface area contributed by atoms with Crippen LogP contribution in [0.15, 0.2) is 0 Å². The van der Waals surface area contributed by atoms with Crippen LogP contribution in [0.2, 0.25) is 0 Å². The SMILES string of the molecule is CC(C)(C)C1CCCN(C2CCCCC2)C1. The number of likely N-dealkylation sites (tertiary alicyclic amines) is 1. The Kier molecular flexibility index (Phi) is 3.94. The third-order valence-corrected chi connectivity index (χ3v) is 4.77. The maximum Gasteiger partial charge on any atom is 0.00953 e. The van der Waals surface area contributed by atoms with Gasteiger partial charge in [-0.25, -0.2) is 0 Å². The largest absolute Gasteiger partial charge is 0.300 e. The molecule has 0 spiro atoms. The molecule has 0 radical (unpaired) electrons. The van der Waals surface area contributed by atoms with Crippen LogP contribution >= 0.6 is 0 Å². The van der Waals surface area contributed by atoms with Crippen molar-refractivity contribution < 1.29 is 0 Å². The number of hydrogen-bond acceptors (Lipinski definition) is 1. The number of hydrogen-bond donors (Lipinski definition) is 0. The molecule has 2 aliphatic rings. The average Bonchev–Trinajstić information content (AvgIpc) is 2.29. The van der Waals surface area contributed by atoms with E-state index in [0.29, 0.717) is 5.41 Å². The standard InChI is InChI=1S/C15H29N/c1-15(2,3)13-8-7-11-16(12-13)14-9-5-4-6-10-14/h13-14H,4-12H2,1-3H3. The van der Waals surface area contributed by atoms with Crippen LogP contribution in [-0.2, 0) is 0 Å². The molecule has 0 aromatic heterocycles. The minimum atomic E-state index is 0.507. The quantitative estimate of drug-likeness (QED) is 0.647. The Hall–Kier alpha value is -0.0400. The van der Waals surface area contributed by atoms with Crippen LogP contribution in [-0.4, -0.2) is 24.0 Å². The molecule has 0 bridgehead atoms. The van der Waals surface area contributed by atoms with Gasteiger partial charge in [0, 0.05) is 12.6 Å². The molecular weight excluding hydrogens is 194 g/mol. The Balaban J connectivity index is 1.90. The maximum absolute atomic E-state index is 2.82. The van der Waals surface area contributed by atoms with Crippen LogP contribution in [0.5, 0.6) is 0 Å². The van der Waals surface area contributed by atoms with E-state index in [1.807, 2.05) is 0 Å². The Labute approximate surface area is 102 Å². The molecule has 1 heteroatoms. The van der Waals surface area contributed by atoms with Crippen LogP contribution in [0.25, 0.3) is 0 Å². The predicted octanol–water partition coefficient (Wildman–Crippen LogP) is 4.08. The smallest absolute Gasteiger partial charge is 0.00953 e. The van der Waals surface area contributed by atoms with Gasteiger partial charge in [0.15, 0.2) is 0 Å². The average molecular weight is 223 g/mol. The summed E-state index contributed by atoms with van der Waals surface area (Å²) >= 11 is 0. The monoisotopic (exact) mass is 223 g/mol. The second kappa shape index (κ2) is 5.08. The summed E-state index contributed by atoms with van der Waals surface area (Å²) in [4.78, 5) is 2.82. The Morgan fingerprint density at radius 1 is 0.875 bits per heavy atom. The molecule has 1 saturated carbocycles. The van der Waals surface area contributed by atoms with Crippen molar-refractivity contribution in [3.8, 4) is 0 Å². The van der Waals surface area contributed by atoms with Gasteiger partial charge >= 0.3 is 0 Å². The third-order valence-electron chi connectivity index (χ3n) is 4.77. The summed E-state index contributed by atoms with van der Waals surface area (Å²) in [6.45, 7) is 10.00. The van der Waals surface area contributed by atoms with Crippen molar-refractivity contribution in [3.05, 3.63) is 0 Å². The molecule has 1 aliphatic heterocycles. The second-order valence-corrected chi connectivity index (χ2v) is 6.99. The highest BCUT2D eigenvalue weighted by Crippen LogP contribution is 2.35. The van der Waals surface area contributed by atoms with Gasteiger partial charge in [-0.2, -0.15) is 0 Å². The van der Waals surface area contributed by atoms with Crippen molar-refractivity contribution in [3.63, 3.8) is 0 Å². The summed E-state index contributed by atoms with van der Waals surface area (Å²) in [7, 11) is 0. The van der Waals surface area contributed by atoms with Crippen LogP contribution < -0.4 is 0 Å². The van der Waals surface area contributed by atoms with Gasteiger partial charge < -0.3 is 4.90 Å². The summed E-state index contributed by atoms with van der Waals surface area (Å²) < 4.78 is 0. The molecule has 1 atom stereocenters. The summed E-state index contributed by atoms with van der Waals surface area (Å²) in [5, 5.41) is 0. The number of rotatable bonds is 1. The molecule has 1 saturated heterocycles. The zero-order valence-corrected chi connectivity index (χ0v) is 11.5. The molecule has 1 unspecified atom stereocenters. The molecule has 2 rings (SSSR count). The van der Waals surface area contributed by atoms with Crippen molar-refractivity contribution in [2.24, 2.45) is 11.3 Å². The first-order valence-electron chi connectivity index (χ1n) is 7.31. The van der Waals surface area contributed by atoms with E-state index < -0.39 is 0 Å². The lowest BCUT2D eigenvalue weighted by Gasteiger charge is -2.44. The van der Waals surface area contributed by atoms with Crippen molar-refractivity contribution >= 4 is 0 Å². The molecule has 2 fully saturated rings. The summed E-state index contributed by atoms with van der Waals surface area (Å²) in [5.74, 6) is 0.920. The molecule has 0 N–H and O–H groups in total. The highest BCUT2D eigenvalue weighted by Gasteiger charge is 2.32. The lowest BCUT2D eigenvalue weighted by Crippen LogP contribution is -2.46. The highest BCUT2D eigenvalue weighted by atomic mass is 15.2. The van der Waals surface area contributed by atoms with E-state index >= 15 is 0 Å². The minimum absolute atomic E-state index is 0.507. The Morgan fingerprint density at radius 2 is 1.56 bits per heavy atom. The van der Waals surface area contributed by atoms with E-state index in [2.05, 4.69) is 25.7 Å². The molecule has 1 heterocycles. The summed E-state index contributed by atoms with van der Waals surface area (Å²) in [6.07, 6.45) is 10.2. The van der Waals surface area contributed by atoms with Gasteiger partial charge in [-0.1, -0.05) is 40.0 Å². The first-order valence-corrected chi connectivity index (χ1v) is 7.31. The van der Waals surface area contributed by atoms with Gasteiger partial charge in [0.2, 0.25) is 0 Å². The highest BCUT2D eigenvalue weighted by molar-refractivity contribution is 4.85. The fourth-order valence-electron chi connectivity index (χ4n) is 3.49. The molecule has 94 valence electrons. The molecule has 1 nitrogen and oxygen atoms in total. The lowest BCUT2D eigenvalue weighted by atomic mass is 9.75. The van der Waals surface area contributed by atoms with Crippen molar-refractivity contribution in [1.82, 2.24) is 4.90 Å². The summed E-state index contributed by atoms with van der Waals surface area (Å²) in [6, 6.07) is 0.930. The van der Waals surface area contributed by atoms with E-state index in [1.54, 1.807) is 0 Å². The third kappa shape index (κ3) is 3.00. The first kappa shape index (κ1) is 12.4. The van der Waals surface area contributed by atoms with Crippen molar-refractivity contribution in [2.45, 2.75) is 71.8 Å². The van der Waals surface area contributed by atoms with Gasteiger partial charge in [-0.05, 0) is 43.6 Å². The Bertz CT molecular complexity index is 210. The Morgan fingerprint density at radius 3 is 2.19 bits per heavy atom. The molecule has 0 aromatic rings. The first-order chi connectivity index (χ1) is 7.57. The minimum Gasteiger partial charge on any atom is -0.300 e. The summed E-state index contributed by atoms with van der Waals surface area (Å²) in [5.41, 5.74) is 0.507. The number of nitrogens with zero attached hydrogens (tertiary/aromatic N) is 1. The topological polar surface area (TPSA) is 3.24 Å². The molecule has 16 heavy (non-hydrogen) atoms. The van der Waals surface area contributed by atoms with Crippen molar-refractivity contribution in [1.29, 1.82) is 0 Å². The van der Waals surface area contributed by atoms with Crippen LogP contribution in [0.4, 0.5) is 0 Å². The molecule has 0 aromatic carbocycles. The maximum atomic E-state index is 2.82. The van der Waals surface area contributed by atoms with Gasteiger partial charge in [0.05, 0.1) is 0 Å². The molecule has 0 amide bonds. The zero-order chi connectivity index (χ0) is 11.6. The molecule has 1 aliphatic carbocycles. The van der Waals surface area contributed by atoms with E-state index in [0.717, 1.165) is 12.0 Å². The van der Waals surface area contributed by atoms with Gasteiger partial charge in [0.25, 0.3) is 0 Å². The van der Waals surface area contributed by atoms with E-state index in [1.165, 1.54) is 58.0 Å². The fraction of sp³-hybridized carbons (Fsp3) is 1.00. The van der Waals surface area contributed by atoms with Gasteiger partial charge in [-0.15, -0.1) is 0 Å². The van der Waals surface area contributed by atoms with Crippen LogP contribution in [0.1, 0.15) is 65.7 Å². The normalized spacial score (nSPS) is 30.6. The van der Waals surface area contributed by atoms with Gasteiger partial charge in [0.1, 0.15) is 0 Å². The van der Waals surface area contributed by atoms with Gasteiger partial charge in [-0.3, -0.25) is 0 Å².